The fourth-order valence-corrected chi connectivity index (χ4v) is 5.87. The van der Waals surface area contributed by atoms with Crippen LogP contribution < -0.4 is 5.32 Å². The van der Waals surface area contributed by atoms with E-state index in [-0.39, 0.29) is 55.8 Å². The number of aliphatic hydroxyl groups is 1. The quantitative estimate of drug-likeness (QED) is 0.112. The lowest BCUT2D eigenvalue weighted by molar-refractivity contribution is -0.202. The maximum Gasteiger partial charge on any atom is 0.335 e. The van der Waals surface area contributed by atoms with E-state index in [4.69, 9.17) is 23.8 Å². The summed E-state index contributed by atoms with van der Waals surface area (Å²) in [6.07, 6.45) is 6.95. The Morgan fingerprint density at radius 1 is 1.13 bits per heavy atom. The van der Waals surface area contributed by atoms with Crippen molar-refractivity contribution in [2.75, 3.05) is 6.61 Å². The van der Waals surface area contributed by atoms with Gasteiger partial charge in [-0.25, -0.2) is 4.79 Å². The number of nitrogens with one attached hydrogen (secondary N) is 1. The lowest BCUT2D eigenvalue weighted by Gasteiger charge is -2.39. The molecule has 4 aliphatic heterocycles. The first-order chi connectivity index (χ1) is 21.3. The van der Waals surface area contributed by atoms with Crippen LogP contribution in [-0.2, 0) is 47.8 Å². The Bertz CT molecular complexity index is 1220. The smallest absolute Gasteiger partial charge is 0.335 e. The molecule has 4 heterocycles. The van der Waals surface area contributed by atoms with Gasteiger partial charge in [-0.05, 0) is 45.6 Å². The second kappa shape index (κ2) is 14.8. The van der Waals surface area contributed by atoms with Crippen LogP contribution in [0.25, 0.3) is 0 Å². The second-order valence-electron chi connectivity index (χ2n) is 12.4. The number of hydroxylamine groups is 2. The van der Waals surface area contributed by atoms with Crippen LogP contribution >= 0.6 is 0 Å². The van der Waals surface area contributed by atoms with Crippen LogP contribution in [0, 0.1) is 5.92 Å². The second-order valence-corrected chi connectivity index (χ2v) is 12.4. The van der Waals surface area contributed by atoms with Gasteiger partial charge in [0.15, 0.2) is 0 Å². The fourth-order valence-electron chi connectivity index (χ4n) is 5.87. The maximum absolute atomic E-state index is 12.5. The van der Waals surface area contributed by atoms with Gasteiger partial charge in [0.25, 0.3) is 11.8 Å². The molecule has 0 aromatic heterocycles. The molecular formula is C32H44N2O11. The lowest BCUT2D eigenvalue weighted by atomic mass is 9.87. The Kier molecular flexibility index (Phi) is 11.3. The molecule has 248 valence electrons. The highest BCUT2D eigenvalue weighted by Crippen LogP contribution is 2.43. The molecule has 1 spiro atoms. The molecule has 0 bridgehead atoms. The number of nitrogens with zero attached hydrogens (tertiary/aromatic N) is 1. The number of hydrogen-bond donors (Lipinski definition) is 2. The van der Waals surface area contributed by atoms with E-state index in [1.807, 2.05) is 26.0 Å². The molecule has 4 aliphatic rings. The predicted octanol–water partition coefficient (Wildman–Crippen LogP) is 1.97. The third-order valence-corrected chi connectivity index (χ3v) is 8.52. The topological polar surface area (TPSA) is 170 Å². The molecule has 2 N–H and O–H groups in total. The molecule has 13 nitrogen and oxygen atoms in total. The van der Waals surface area contributed by atoms with Gasteiger partial charge >= 0.3 is 11.9 Å². The molecule has 0 aliphatic carbocycles. The SMILES string of the molecule is CC(=O)O[C@@H](C)/C=C\C(=O)N[C@@H]1C[C@H](C)[C@H](C/C=C(C)/C=C/[C@H]2O[C@H](CC(=O)ON3C(=O)CCC3=O)C[C@@]3(CO3)[C@H]2O)O[C@@H]1C. The Balaban J connectivity index is 1.26. The van der Waals surface area contributed by atoms with Gasteiger partial charge in [0.2, 0.25) is 5.91 Å². The number of ether oxygens (including phenoxy) is 4. The van der Waals surface area contributed by atoms with Crippen molar-refractivity contribution in [2.24, 2.45) is 5.92 Å². The molecule has 0 unspecified atom stereocenters. The molecule has 0 aromatic rings. The van der Waals surface area contributed by atoms with Gasteiger partial charge in [0.05, 0.1) is 37.4 Å². The summed E-state index contributed by atoms with van der Waals surface area (Å²) in [6.45, 7) is 9.27. The zero-order valence-electron chi connectivity index (χ0n) is 26.4. The van der Waals surface area contributed by atoms with E-state index in [0.29, 0.717) is 18.1 Å². The predicted molar refractivity (Wildman–Crippen MR) is 158 cm³/mol. The van der Waals surface area contributed by atoms with E-state index in [2.05, 4.69) is 12.2 Å². The molecular weight excluding hydrogens is 588 g/mol. The number of carbonyl (C=O) groups excluding carboxylic acids is 5. The molecule has 0 aromatic carbocycles. The summed E-state index contributed by atoms with van der Waals surface area (Å²) < 4.78 is 22.8. The van der Waals surface area contributed by atoms with Gasteiger partial charge in [0.1, 0.15) is 23.9 Å². The number of esters is 1. The molecule has 9 atom stereocenters. The Labute approximate surface area is 262 Å². The number of epoxide rings is 1. The molecule has 45 heavy (non-hydrogen) atoms. The van der Waals surface area contributed by atoms with Crippen LogP contribution in [0.4, 0.5) is 0 Å². The highest BCUT2D eigenvalue weighted by atomic mass is 16.7. The monoisotopic (exact) mass is 632 g/mol. The molecule has 0 radical (unpaired) electrons. The van der Waals surface area contributed by atoms with Crippen molar-refractivity contribution in [3.8, 4) is 0 Å². The molecule has 13 heteroatoms. The van der Waals surface area contributed by atoms with Crippen molar-refractivity contribution in [2.45, 2.75) is 121 Å². The van der Waals surface area contributed by atoms with E-state index in [1.54, 1.807) is 13.0 Å². The van der Waals surface area contributed by atoms with Crippen molar-refractivity contribution in [3.05, 3.63) is 36.0 Å². The van der Waals surface area contributed by atoms with E-state index in [1.165, 1.54) is 19.1 Å². The van der Waals surface area contributed by atoms with Gasteiger partial charge in [0, 0.05) is 32.3 Å². The maximum atomic E-state index is 12.5. The number of carbonyl (C=O) groups is 5. The standard InChI is InChI=1S/C32H44N2O11/c1-18(6-9-25-19(2)14-24(21(4)43-25)33-27(36)11-8-20(3)42-22(5)35)7-10-26-31(40)32(17-41-32)16-23(44-26)15-30(39)45-34-28(37)12-13-29(34)38/h6-8,10-11,19-21,23-26,31,40H,9,12-17H2,1-5H3,(H,33,36)/b10-7+,11-8-,18-6+/t19-,20-,21+,23+,24+,25-,26+,31-,32+/m0/s1. The van der Waals surface area contributed by atoms with E-state index in [0.717, 1.165) is 12.0 Å². The van der Waals surface area contributed by atoms with Gasteiger partial charge in [-0.1, -0.05) is 30.7 Å². The Hall–Kier alpha value is -3.39. The average Bonchev–Trinajstić information content (AvgIpc) is 3.67. The molecule has 0 saturated carbocycles. The van der Waals surface area contributed by atoms with E-state index < -0.39 is 53.8 Å². The third-order valence-electron chi connectivity index (χ3n) is 8.52. The van der Waals surface area contributed by atoms with Crippen molar-refractivity contribution in [1.82, 2.24) is 10.4 Å². The van der Waals surface area contributed by atoms with Gasteiger partial charge in [-0.15, -0.1) is 5.06 Å². The summed E-state index contributed by atoms with van der Waals surface area (Å²) in [7, 11) is 0. The fraction of sp³-hybridized carbons (Fsp3) is 0.656. The minimum absolute atomic E-state index is 0.0109. The number of hydrogen-bond acceptors (Lipinski definition) is 11. The van der Waals surface area contributed by atoms with Crippen LogP contribution in [0.15, 0.2) is 36.0 Å². The summed E-state index contributed by atoms with van der Waals surface area (Å²) in [5, 5.41) is 14.4. The summed E-state index contributed by atoms with van der Waals surface area (Å²) in [4.78, 5) is 64.4. The zero-order chi connectivity index (χ0) is 32.9. The largest absolute Gasteiger partial charge is 0.459 e. The van der Waals surface area contributed by atoms with E-state index >= 15 is 0 Å². The first-order valence-electron chi connectivity index (χ1n) is 15.5. The number of imide groups is 1. The highest BCUT2D eigenvalue weighted by molar-refractivity contribution is 6.01. The van der Waals surface area contributed by atoms with Crippen molar-refractivity contribution in [1.29, 1.82) is 0 Å². The minimum atomic E-state index is -0.926. The first-order valence-corrected chi connectivity index (χ1v) is 15.5. The average molecular weight is 633 g/mol. The van der Waals surface area contributed by atoms with Crippen LogP contribution in [0.1, 0.15) is 73.1 Å². The first kappa shape index (κ1) is 34.5. The summed E-state index contributed by atoms with van der Waals surface area (Å²) in [5.74, 6) is -2.39. The van der Waals surface area contributed by atoms with Crippen molar-refractivity contribution < 1.29 is 52.9 Å². The summed E-state index contributed by atoms with van der Waals surface area (Å²) >= 11 is 0. The lowest BCUT2D eigenvalue weighted by Crippen LogP contribution is -2.50. The minimum Gasteiger partial charge on any atom is -0.459 e. The van der Waals surface area contributed by atoms with Crippen LogP contribution in [-0.4, -0.2) is 94.7 Å². The Morgan fingerprint density at radius 3 is 2.47 bits per heavy atom. The molecule has 4 fully saturated rings. The van der Waals surface area contributed by atoms with Gasteiger partial charge in [-0.3, -0.25) is 19.2 Å². The normalized spacial score (nSPS) is 34.4. The molecule has 4 rings (SSSR count). The van der Waals surface area contributed by atoms with Gasteiger partial charge in [-0.2, -0.15) is 0 Å². The number of allylic oxidation sites excluding steroid dienone is 2. The third kappa shape index (κ3) is 9.32. The van der Waals surface area contributed by atoms with Crippen molar-refractivity contribution >= 4 is 29.7 Å². The zero-order valence-corrected chi connectivity index (χ0v) is 26.4. The number of amides is 3. The van der Waals surface area contributed by atoms with Crippen LogP contribution in [0.5, 0.6) is 0 Å². The highest BCUT2D eigenvalue weighted by Gasteiger charge is 2.58. The van der Waals surface area contributed by atoms with Crippen LogP contribution in [0.2, 0.25) is 0 Å². The molecule has 3 amide bonds. The number of aliphatic hydroxyl groups excluding tert-OH is 1. The van der Waals surface area contributed by atoms with E-state index in [9.17, 15) is 29.1 Å². The van der Waals surface area contributed by atoms with Gasteiger partial charge < -0.3 is 34.2 Å². The summed E-state index contributed by atoms with van der Waals surface area (Å²) in [5.41, 5.74) is 0.119. The summed E-state index contributed by atoms with van der Waals surface area (Å²) in [6, 6.07) is -0.161. The van der Waals surface area contributed by atoms with Crippen LogP contribution in [0.3, 0.4) is 0 Å². The Morgan fingerprint density at radius 2 is 1.82 bits per heavy atom. The van der Waals surface area contributed by atoms with Crippen molar-refractivity contribution in [3.63, 3.8) is 0 Å². The molecule has 4 saturated heterocycles. The number of rotatable bonds is 11.